The summed E-state index contributed by atoms with van der Waals surface area (Å²) in [5.41, 5.74) is 27.6. The van der Waals surface area contributed by atoms with Crippen molar-refractivity contribution in [2.45, 2.75) is 39.5 Å². The first-order chi connectivity index (χ1) is 30.9. The van der Waals surface area contributed by atoms with Gasteiger partial charge in [0.05, 0.1) is 27.8 Å². The van der Waals surface area contributed by atoms with E-state index in [4.69, 9.17) is 5.73 Å². The fourth-order valence-corrected chi connectivity index (χ4v) is 10.8. The Hall–Kier alpha value is -7.69. The average Bonchev–Trinajstić information content (AvgIpc) is 3.84. The summed E-state index contributed by atoms with van der Waals surface area (Å²) in [7, 11) is 0. The Kier molecular flexibility index (Phi) is 9.13. The van der Waals surface area contributed by atoms with E-state index in [1.54, 1.807) is 0 Å². The molecule has 0 radical (unpaired) electrons. The minimum atomic E-state index is 0.505. The summed E-state index contributed by atoms with van der Waals surface area (Å²) >= 11 is 0. The Labute approximate surface area is 367 Å². The number of aryl methyl sites for hydroxylation is 4. The first-order valence-corrected chi connectivity index (χ1v) is 22.0. The number of hydrogen-bond donors (Lipinski definition) is 2. The second kappa shape index (κ2) is 15.0. The quantitative estimate of drug-likeness (QED) is 0.117. The van der Waals surface area contributed by atoms with Crippen molar-refractivity contribution in [3.8, 4) is 16.8 Å². The van der Waals surface area contributed by atoms with Crippen molar-refractivity contribution in [1.82, 2.24) is 9.13 Å². The molecule has 4 nitrogen and oxygen atoms in total. The van der Waals surface area contributed by atoms with Crippen LogP contribution in [-0.2, 0) is 25.7 Å². The Bertz CT molecular complexity index is 3640. The van der Waals surface area contributed by atoms with Crippen LogP contribution in [0.4, 0.5) is 0 Å². The topological polar surface area (TPSA) is 59.7 Å². The van der Waals surface area contributed by atoms with E-state index in [0.717, 1.165) is 86.5 Å². The summed E-state index contributed by atoms with van der Waals surface area (Å²) in [5.74, 6) is 0. The molecule has 0 aliphatic heterocycles. The summed E-state index contributed by atoms with van der Waals surface area (Å²) in [4.78, 5) is 0. The fraction of sp³-hybridized carbons (Fsp3) is 0.102. The van der Waals surface area contributed by atoms with Crippen molar-refractivity contribution in [1.29, 1.82) is 5.41 Å². The van der Waals surface area contributed by atoms with Gasteiger partial charge in [0.1, 0.15) is 0 Å². The van der Waals surface area contributed by atoms with E-state index in [1.807, 2.05) is 36.4 Å². The van der Waals surface area contributed by atoms with Crippen molar-refractivity contribution < 1.29 is 0 Å². The van der Waals surface area contributed by atoms with Crippen LogP contribution in [0.15, 0.2) is 165 Å². The summed E-state index contributed by atoms with van der Waals surface area (Å²) < 4.78 is 4.95. The van der Waals surface area contributed by atoms with Gasteiger partial charge in [-0.2, -0.15) is 0 Å². The largest absolute Gasteiger partial charge is 0.398 e. The fourth-order valence-electron chi connectivity index (χ4n) is 10.8. The van der Waals surface area contributed by atoms with Gasteiger partial charge in [-0.1, -0.05) is 116 Å². The second-order valence-electron chi connectivity index (χ2n) is 16.8. The number of hydrogen-bond acceptors (Lipinski definition) is 2. The Morgan fingerprint density at radius 3 is 2.02 bits per heavy atom. The number of nitrogens with zero attached hydrogens (tertiary/aromatic N) is 2. The van der Waals surface area contributed by atoms with Gasteiger partial charge in [-0.05, 0) is 150 Å². The number of fused-ring (bicyclic) bond motifs is 8. The minimum Gasteiger partial charge on any atom is -0.398 e. The molecular formula is C59H48N4. The molecule has 0 saturated heterocycles. The molecule has 0 bridgehead atoms. The highest BCUT2D eigenvalue weighted by molar-refractivity contribution is 6.19. The molecule has 3 N–H and O–H groups in total. The van der Waals surface area contributed by atoms with Crippen LogP contribution in [0.3, 0.4) is 0 Å². The first kappa shape index (κ1) is 38.2. The highest BCUT2D eigenvalue weighted by atomic mass is 15.0. The predicted octanol–water partition coefficient (Wildman–Crippen LogP) is 12.3. The minimum absolute atomic E-state index is 0.505. The number of nitrogens with two attached hydrogens (primary N) is 1. The third-order valence-electron chi connectivity index (χ3n) is 13.5. The molecule has 2 heterocycles. The maximum atomic E-state index is 9.40. The normalized spacial score (nSPS) is 14.3. The lowest BCUT2D eigenvalue weighted by atomic mass is 9.74. The van der Waals surface area contributed by atoms with Crippen LogP contribution in [0.25, 0.3) is 84.0 Å². The summed E-state index contributed by atoms with van der Waals surface area (Å²) in [5, 5.41) is 16.5. The van der Waals surface area contributed by atoms with Gasteiger partial charge in [0.25, 0.3) is 0 Å². The van der Waals surface area contributed by atoms with Crippen molar-refractivity contribution in [3.63, 3.8) is 0 Å². The van der Waals surface area contributed by atoms with Gasteiger partial charge in [-0.3, -0.25) is 5.41 Å². The molecule has 0 spiro atoms. The lowest BCUT2D eigenvalue weighted by molar-refractivity contribution is 0.884. The molecule has 0 atom stereocenters. The van der Waals surface area contributed by atoms with Crippen LogP contribution in [0, 0.1) is 5.41 Å². The molecule has 11 rings (SSSR count). The zero-order chi connectivity index (χ0) is 42.9. The Morgan fingerprint density at radius 2 is 1.29 bits per heavy atom. The number of nitrogens with one attached hydrogen (secondary N) is 1. The molecule has 2 aliphatic rings. The Morgan fingerprint density at radius 1 is 0.651 bits per heavy atom. The number of aromatic nitrogens is 2. The molecule has 63 heavy (non-hydrogen) atoms. The maximum absolute atomic E-state index is 9.40. The smallest absolute Gasteiger partial charge is 0.0690 e. The average molecular weight is 813 g/mol. The lowest BCUT2D eigenvalue weighted by Crippen LogP contribution is -2.29. The maximum Gasteiger partial charge on any atom is 0.0690 e. The molecular weight excluding hydrogens is 765 g/mol. The third kappa shape index (κ3) is 5.78. The number of rotatable bonds is 8. The van der Waals surface area contributed by atoms with Gasteiger partial charge in [0, 0.05) is 55.0 Å². The highest BCUT2D eigenvalue weighted by Gasteiger charge is 2.33. The summed E-state index contributed by atoms with van der Waals surface area (Å²) in [6.45, 7) is 12.3. The van der Waals surface area contributed by atoms with Crippen molar-refractivity contribution in [2.75, 3.05) is 0 Å². The first-order valence-electron chi connectivity index (χ1n) is 22.0. The molecule has 0 fully saturated rings. The standard InChI is InChI=1S/C59H48N4/c1-5-16-42(17-6-2)62-52-30-26-40(56(60)44-22-14-12-18-36(44)7-3)34-48(52)50-32-38-24-25-39-33-51-49-35-41(57(61)45-23-15-13-19-37(45)8-4)27-31-53(49)63(43-20-10-9-11-21-43)59(51)47-29-28-46(58(50)62)54(38)55(39)47/h5-23,26-27,30-35,61H,1,4,24-25,28-29,60H2,2-3H3/b17-6-,36-7-,42-16+,56-44-,61-57?. The molecule has 4 heteroatoms. The molecule has 2 aromatic heterocycles. The van der Waals surface area contributed by atoms with Crippen molar-refractivity contribution in [3.05, 3.63) is 220 Å². The Balaban J connectivity index is 1.20. The van der Waals surface area contributed by atoms with Crippen molar-refractivity contribution in [2.24, 2.45) is 5.73 Å². The predicted molar refractivity (Wildman–Crippen MR) is 268 cm³/mol. The second-order valence-corrected chi connectivity index (χ2v) is 16.8. The van der Waals surface area contributed by atoms with E-state index in [0.29, 0.717) is 5.71 Å². The number of para-hydroxylation sites is 1. The summed E-state index contributed by atoms with van der Waals surface area (Å²) in [6, 6.07) is 45.6. The van der Waals surface area contributed by atoms with Crippen LogP contribution in [-0.4, -0.2) is 14.8 Å². The molecule has 0 saturated carbocycles. The van der Waals surface area contributed by atoms with E-state index in [9.17, 15) is 5.41 Å². The van der Waals surface area contributed by atoms with Crippen LogP contribution in [0.2, 0.25) is 0 Å². The molecule has 9 aromatic rings. The van der Waals surface area contributed by atoms with Crippen molar-refractivity contribution >= 4 is 72.9 Å². The van der Waals surface area contributed by atoms with E-state index in [1.165, 1.54) is 66.0 Å². The van der Waals surface area contributed by atoms with E-state index in [-0.39, 0.29) is 0 Å². The lowest BCUT2D eigenvalue weighted by Gasteiger charge is -2.31. The highest BCUT2D eigenvalue weighted by Crippen LogP contribution is 2.51. The molecule has 2 aliphatic carbocycles. The van der Waals surface area contributed by atoms with Gasteiger partial charge >= 0.3 is 0 Å². The van der Waals surface area contributed by atoms with E-state index < -0.39 is 0 Å². The number of allylic oxidation sites excluding steroid dienone is 5. The van der Waals surface area contributed by atoms with Gasteiger partial charge in [0.15, 0.2) is 0 Å². The monoisotopic (exact) mass is 812 g/mol. The third-order valence-corrected chi connectivity index (χ3v) is 13.5. The molecule has 7 aromatic carbocycles. The van der Waals surface area contributed by atoms with Gasteiger partial charge in [-0.25, -0.2) is 0 Å². The molecule has 0 unspecified atom stereocenters. The van der Waals surface area contributed by atoms with Crippen LogP contribution in [0.1, 0.15) is 58.4 Å². The van der Waals surface area contributed by atoms with Gasteiger partial charge in [-0.15, -0.1) is 0 Å². The van der Waals surface area contributed by atoms with Crippen LogP contribution in [0.5, 0.6) is 0 Å². The van der Waals surface area contributed by atoms with E-state index >= 15 is 0 Å². The van der Waals surface area contributed by atoms with E-state index in [2.05, 4.69) is 164 Å². The van der Waals surface area contributed by atoms with Crippen LogP contribution >= 0.6 is 0 Å². The van der Waals surface area contributed by atoms with Gasteiger partial charge in [0.2, 0.25) is 0 Å². The zero-order valence-corrected chi connectivity index (χ0v) is 35.8. The molecule has 304 valence electrons. The van der Waals surface area contributed by atoms with Crippen LogP contribution < -0.4 is 16.2 Å². The zero-order valence-electron chi connectivity index (χ0n) is 35.8. The number of benzene rings is 7. The molecule has 0 amide bonds. The SMILES string of the molecule is C=C/C=C(\C=C/C)n1c2ccc(/C(N)=c3\cccc\c3=C\C)cc2c2cc3c4c(c21)CCc1c-4c(cc2c4cc(C(=N)c5ccccc5C=C)ccc4n(-c4ccccc4)c12)CC3. The van der Waals surface area contributed by atoms with Gasteiger partial charge < -0.3 is 14.9 Å². The summed E-state index contributed by atoms with van der Waals surface area (Å²) in [6.07, 6.45) is 16.0.